The molecule has 0 bridgehead atoms. The van der Waals surface area contributed by atoms with Crippen LogP contribution in [-0.2, 0) is 6.54 Å². The third-order valence-electron chi connectivity index (χ3n) is 3.49. The van der Waals surface area contributed by atoms with Gasteiger partial charge in [-0.1, -0.05) is 6.92 Å². The van der Waals surface area contributed by atoms with Crippen molar-refractivity contribution in [2.45, 2.75) is 18.9 Å². The Hall–Kier alpha value is -1.42. The average molecular weight is 242 g/mol. The second kappa shape index (κ2) is 4.69. The minimum absolute atomic E-state index is 0.369. The highest BCUT2D eigenvalue weighted by Gasteiger charge is 2.20. The number of ether oxygens (including phenoxy) is 1. The highest BCUT2D eigenvalue weighted by atomic mass is 16.5. The number of methoxy groups -OCH3 is 1. The van der Waals surface area contributed by atoms with E-state index in [0.717, 1.165) is 12.3 Å². The number of fused-ring (bicyclic) bond motifs is 1. The average Bonchev–Trinajstić information content (AvgIpc) is 2.71. The van der Waals surface area contributed by atoms with E-state index in [1.54, 1.807) is 7.11 Å². The Kier molecular flexibility index (Phi) is 3.39. The van der Waals surface area contributed by atoms with Crippen molar-refractivity contribution in [3.63, 3.8) is 0 Å². The number of nitrogens with zero attached hydrogens (tertiary/aromatic N) is 2. The molecule has 18 heavy (non-hydrogen) atoms. The molecular weight excluding hydrogens is 223 g/mol. The lowest BCUT2D eigenvalue weighted by molar-refractivity contribution is 0.241. The summed E-state index contributed by atoms with van der Waals surface area (Å²) in [5.41, 5.74) is 0.806. The molecule has 4 heteroatoms. The maximum atomic E-state index is 6.28. The maximum absolute atomic E-state index is 6.28. The molecule has 0 fully saturated rings. The van der Waals surface area contributed by atoms with E-state index >= 15 is 0 Å². The van der Waals surface area contributed by atoms with Gasteiger partial charge in [0, 0.05) is 23.6 Å². The standard InChI is InChI=1S/C14H19BN2O/c1-14(15,16(2)3)10-17-8-7-11-9-12(18-4)5-6-13(11)17/h5-9H,10H2,1-4H3/t14-/m1/s1. The van der Waals surface area contributed by atoms with Gasteiger partial charge in [-0.05, 0) is 43.8 Å². The van der Waals surface area contributed by atoms with Crippen LogP contribution in [0.2, 0.25) is 0 Å². The lowest BCUT2D eigenvalue weighted by Gasteiger charge is -2.34. The first-order valence-electron chi connectivity index (χ1n) is 6.03. The van der Waals surface area contributed by atoms with Gasteiger partial charge in [0.15, 0.2) is 0 Å². The van der Waals surface area contributed by atoms with E-state index < -0.39 is 0 Å². The number of rotatable bonds is 4. The van der Waals surface area contributed by atoms with E-state index in [-0.39, 0.29) is 5.44 Å². The van der Waals surface area contributed by atoms with Crippen molar-refractivity contribution in [3.8, 4) is 5.75 Å². The van der Waals surface area contributed by atoms with Crippen molar-refractivity contribution in [2.24, 2.45) is 0 Å². The van der Waals surface area contributed by atoms with Crippen LogP contribution < -0.4 is 4.74 Å². The van der Waals surface area contributed by atoms with Crippen LogP contribution in [0, 0.1) is 0 Å². The summed E-state index contributed by atoms with van der Waals surface area (Å²) in [6.45, 7) is 2.78. The molecule has 2 aromatic rings. The number of likely N-dealkylation sites (N-methyl/N-ethyl adjacent to an activating group) is 1. The van der Waals surface area contributed by atoms with Gasteiger partial charge in [0.25, 0.3) is 0 Å². The molecule has 3 nitrogen and oxygen atoms in total. The molecule has 1 aromatic carbocycles. The summed E-state index contributed by atoms with van der Waals surface area (Å²) in [5, 5.41) is 1.17. The van der Waals surface area contributed by atoms with Crippen molar-refractivity contribution in [1.29, 1.82) is 0 Å². The van der Waals surface area contributed by atoms with Gasteiger partial charge < -0.3 is 14.2 Å². The number of hydrogen-bond donors (Lipinski definition) is 0. The number of hydrogen-bond acceptors (Lipinski definition) is 2. The van der Waals surface area contributed by atoms with Crippen LogP contribution >= 0.6 is 0 Å². The van der Waals surface area contributed by atoms with Gasteiger partial charge in [-0.15, -0.1) is 0 Å². The van der Waals surface area contributed by atoms with E-state index in [1.165, 1.54) is 10.9 Å². The molecule has 2 radical (unpaired) electrons. The third kappa shape index (κ3) is 2.39. The fourth-order valence-corrected chi connectivity index (χ4v) is 1.93. The molecular formula is C14H19BN2O. The maximum Gasteiger partial charge on any atom is 0.119 e. The van der Waals surface area contributed by atoms with Crippen LogP contribution in [-0.4, -0.2) is 44.0 Å². The number of aromatic nitrogens is 1. The van der Waals surface area contributed by atoms with Crippen LogP contribution in [0.3, 0.4) is 0 Å². The van der Waals surface area contributed by atoms with Gasteiger partial charge in [0.2, 0.25) is 0 Å². The molecule has 0 aliphatic carbocycles. The fourth-order valence-electron chi connectivity index (χ4n) is 1.93. The predicted octanol–water partition coefficient (Wildman–Crippen LogP) is 2.10. The summed E-state index contributed by atoms with van der Waals surface area (Å²) < 4.78 is 7.40. The Bertz CT molecular complexity index is 546. The minimum atomic E-state index is -0.369. The molecule has 1 heterocycles. The molecule has 2 rings (SSSR count). The third-order valence-corrected chi connectivity index (χ3v) is 3.49. The summed E-state index contributed by atoms with van der Waals surface area (Å²) in [7, 11) is 11.9. The smallest absolute Gasteiger partial charge is 0.119 e. The molecule has 94 valence electrons. The highest BCUT2D eigenvalue weighted by molar-refractivity contribution is 6.14. The lowest BCUT2D eigenvalue weighted by Crippen LogP contribution is -2.45. The molecule has 0 aliphatic rings. The van der Waals surface area contributed by atoms with Crippen molar-refractivity contribution in [2.75, 3.05) is 21.2 Å². The van der Waals surface area contributed by atoms with Crippen LogP contribution in [0.5, 0.6) is 5.75 Å². The van der Waals surface area contributed by atoms with Gasteiger partial charge in [0.1, 0.15) is 5.75 Å². The van der Waals surface area contributed by atoms with E-state index in [9.17, 15) is 0 Å². The summed E-state index contributed by atoms with van der Waals surface area (Å²) in [6, 6.07) is 8.17. The molecule has 1 atom stereocenters. The largest absolute Gasteiger partial charge is 0.497 e. The summed E-state index contributed by atoms with van der Waals surface area (Å²) in [6.07, 6.45) is 2.07. The first-order valence-corrected chi connectivity index (χ1v) is 6.03. The van der Waals surface area contributed by atoms with E-state index in [1.807, 2.05) is 38.1 Å². The minimum Gasteiger partial charge on any atom is -0.497 e. The Morgan fingerprint density at radius 1 is 1.33 bits per heavy atom. The van der Waals surface area contributed by atoms with Gasteiger partial charge in [-0.25, -0.2) is 0 Å². The van der Waals surface area contributed by atoms with E-state index in [4.69, 9.17) is 12.6 Å². The van der Waals surface area contributed by atoms with Crippen LogP contribution in [0.15, 0.2) is 30.5 Å². The molecule has 1 aromatic heterocycles. The Labute approximate surface area is 110 Å². The van der Waals surface area contributed by atoms with Gasteiger partial charge in [0.05, 0.1) is 15.0 Å². The predicted molar refractivity (Wildman–Crippen MR) is 76.3 cm³/mol. The zero-order valence-corrected chi connectivity index (χ0v) is 11.5. The molecule has 0 amide bonds. The van der Waals surface area contributed by atoms with Gasteiger partial charge in [-0.3, -0.25) is 0 Å². The Balaban J connectivity index is 2.35. The van der Waals surface area contributed by atoms with E-state index in [2.05, 4.69) is 22.9 Å². The van der Waals surface area contributed by atoms with Crippen molar-refractivity contribution < 1.29 is 4.74 Å². The van der Waals surface area contributed by atoms with Gasteiger partial charge >= 0.3 is 0 Å². The van der Waals surface area contributed by atoms with Crippen molar-refractivity contribution >= 4 is 18.7 Å². The number of benzene rings is 1. The molecule has 0 saturated heterocycles. The van der Waals surface area contributed by atoms with Gasteiger partial charge in [-0.2, -0.15) is 0 Å². The molecule has 0 N–H and O–H groups in total. The summed E-state index contributed by atoms with van der Waals surface area (Å²) in [4.78, 5) is 2.03. The SMILES string of the molecule is [B][C@@](C)(Cn1ccc2cc(OC)ccc21)N(C)C. The van der Waals surface area contributed by atoms with Crippen molar-refractivity contribution in [1.82, 2.24) is 9.47 Å². The Morgan fingerprint density at radius 2 is 2.06 bits per heavy atom. The quantitative estimate of drug-likeness (QED) is 0.764. The molecule has 0 unspecified atom stereocenters. The van der Waals surface area contributed by atoms with Crippen LogP contribution in [0.4, 0.5) is 0 Å². The Morgan fingerprint density at radius 3 is 2.67 bits per heavy atom. The molecule has 0 aliphatic heterocycles. The zero-order valence-electron chi connectivity index (χ0n) is 11.5. The summed E-state index contributed by atoms with van der Waals surface area (Å²) >= 11 is 0. The van der Waals surface area contributed by atoms with Crippen LogP contribution in [0.1, 0.15) is 6.92 Å². The fraction of sp³-hybridized carbons (Fsp3) is 0.429. The topological polar surface area (TPSA) is 17.4 Å². The van der Waals surface area contributed by atoms with Crippen LogP contribution in [0.25, 0.3) is 10.9 Å². The normalized spacial score (nSPS) is 14.9. The highest BCUT2D eigenvalue weighted by Crippen LogP contribution is 2.23. The monoisotopic (exact) mass is 242 g/mol. The lowest BCUT2D eigenvalue weighted by atomic mass is 9.78. The first-order chi connectivity index (χ1) is 8.44. The molecule has 0 spiro atoms. The zero-order chi connectivity index (χ0) is 13.3. The molecule has 0 saturated carbocycles. The van der Waals surface area contributed by atoms with E-state index in [0.29, 0.717) is 0 Å². The summed E-state index contributed by atoms with van der Waals surface area (Å²) in [5.74, 6) is 0.878. The van der Waals surface area contributed by atoms with Crippen molar-refractivity contribution in [3.05, 3.63) is 30.5 Å². The second-order valence-corrected chi connectivity index (χ2v) is 5.12. The first kappa shape index (κ1) is 13.0. The second-order valence-electron chi connectivity index (χ2n) is 5.12.